The van der Waals surface area contributed by atoms with Crippen LogP contribution in [0.25, 0.3) is 0 Å². The van der Waals surface area contributed by atoms with Crippen molar-refractivity contribution in [2.45, 2.75) is 24.8 Å². The average molecular weight is 382 g/mol. The molecule has 0 saturated heterocycles. The van der Waals surface area contributed by atoms with Crippen LogP contribution in [0.4, 0.5) is 0 Å². The molecular weight excluding hydrogens is 364 g/mol. The Hall–Kier alpha value is -2.23. The second kappa shape index (κ2) is 7.77. The zero-order valence-corrected chi connectivity index (χ0v) is 15.3. The Morgan fingerprint density at radius 1 is 1.24 bits per heavy atom. The van der Waals surface area contributed by atoms with E-state index in [-0.39, 0.29) is 15.7 Å². The first-order chi connectivity index (χ1) is 11.8. The van der Waals surface area contributed by atoms with Crippen LogP contribution in [0.2, 0.25) is 0 Å². The third-order valence-corrected chi connectivity index (χ3v) is 6.10. The third kappa shape index (κ3) is 4.44. The topological polar surface area (TPSA) is 113 Å². The lowest BCUT2D eigenvalue weighted by molar-refractivity contribution is -0.139. The average Bonchev–Trinajstić information content (AvgIpc) is 2.96. The Morgan fingerprint density at radius 3 is 2.44 bits per heavy atom. The van der Waals surface area contributed by atoms with Crippen molar-refractivity contribution in [2.75, 3.05) is 6.54 Å². The van der Waals surface area contributed by atoms with Gasteiger partial charge in [0.25, 0.3) is 5.91 Å². The van der Waals surface area contributed by atoms with Crippen LogP contribution in [-0.2, 0) is 14.8 Å². The summed E-state index contributed by atoms with van der Waals surface area (Å²) in [6.45, 7) is 3.75. The quantitative estimate of drug-likeness (QED) is 0.677. The Bertz CT molecular complexity index is 875. The fourth-order valence-electron chi connectivity index (χ4n) is 2.22. The van der Waals surface area contributed by atoms with Crippen LogP contribution in [0.5, 0.6) is 0 Å². The van der Waals surface area contributed by atoms with E-state index < -0.39 is 22.0 Å². The smallest absolute Gasteiger partial charge is 0.326 e. The molecule has 0 aliphatic carbocycles. The summed E-state index contributed by atoms with van der Waals surface area (Å²) in [5.74, 6) is -1.68. The molecule has 2 aromatic rings. The van der Waals surface area contributed by atoms with E-state index in [2.05, 4.69) is 10.0 Å². The molecule has 0 aliphatic rings. The van der Waals surface area contributed by atoms with Crippen LogP contribution >= 0.6 is 11.3 Å². The number of carboxylic acid groups (broad SMARTS) is 1. The molecule has 7 nitrogen and oxygen atoms in total. The van der Waals surface area contributed by atoms with Gasteiger partial charge in [0.2, 0.25) is 10.0 Å². The van der Waals surface area contributed by atoms with Crippen molar-refractivity contribution in [2.24, 2.45) is 0 Å². The van der Waals surface area contributed by atoms with Gasteiger partial charge in [-0.1, -0.05) is 30.3 Å². The summed E-state index contributed by atoms with van der Waals surface area (Å²) in [6.07, 6.45) is 0. The second-order valence-corrected chi connectivity index (χ2v) is 8.13. The van der Waals surface area contributed by atoms with Crippen molar-refractivity contribution in [1.82, 2.24) is 10.0 Å². The minimum atomic E-state index is -4.11. The van der Waals surface area contributed by atoms with Gasteiger partial charge in [0.05, 0.1) is 9.77 Å². The lowest BCUT2D eigenvalue weighted by Gasteiger charge is -2.15. The number of carboxylic acids is 1. The minimum absolute atomic E-state index is 0.0964. The van der Waals surface area contributed by atoms with Gasteiger partial charge < -0.3 is 10.4 Å². The Morgan fingerprint density at radius 2 is 1.88 bits per heavy atom. The van der Waals surface area contributed by atoms with Crippen LogP contribution in [0.15, 0.2) is 41.3 Å². The number of hydrogen-bond donors (Lipinski definition) is 3. The predicted molar refractivity (Wildman–Crippen MR) is 94.2 cm³/mol. The predicted octanol–water partition coefficient (Wildman–Crippen LogP) is 1.91. The molecule has 0 fully saturated rings. The van der Waals surface area contributed by atoms with Crippen molar-refractivity contribution >= 4 is 33.2 Å². The van der Waals surface area contributed by atoms with E-state index in [4.69, 9.17) is 0 Å². The van der Waals surface area contributed by atoms with Crippen molar-refractivity contribution in [3.8, 4) is 0 Å². The fourth-order valence-corrected chi connectivity index (χ4v) is 4.90. The first-order valence-electron chi connectivity index (χ1n) is 7.45. The summed E-state index contributed by atoms with van der Waals surface area (Å²) < 4.78 is 27.5. The molecule has 0 unspecified atom stereocenters. The monoisotopic (exact) mass is 382 g/mol. The maximum atomic E-state index is 12.6. The molecule has 0 spiro atoms. The van der Waals surface area contributed by atoms with Crippen LogP contribution in [0, 0.1) is 6.92 Å². The van der Waals surface area contributed by atoms with Crippen molar-refractivity contribution < 1.29 is 23.1 Å². The van der Waals surface area contributed by atoms with Crippen molar-refractivity contribution in [3.05, 3.63) is 51.7 Å². The SMILES string of the molecule is CCNC(=O)c1cc(S(=O)(=O)N[C@H](C(=O)O)c2ccccc2)c(C)s1. The molecule has 1 atom stereocenters. The molecule has 3 N–H and O–H groups in total. The molecule has 1 aromatic heterocycles. The highest BCUT2D eigenvalue weighted by molar-refractivity contribution is 7.89. The Labute approximate surface area is 149 Å². The Kier molecular flexibility index (Phi) is 5.93. The number of sulfonamides is 1. The highest BCUT2D eigenvalue weighted by Gasteiger charge is 2.29. The number of thiophene rings is 1. The fraction of sp³-hybridized carbons (Fsp3) is 0.250. The summed E-state index contributed by atoms with van der Waals surface area (Å²) in [4.78, 5) is 24.0. The third-order valence-electron chi connectivity index (χ3n) is 3.38. The van der Waals surface area contributed by atoms with Gasteiger partial charge >= 0.3 is 5.97 Å². The maximum Gasteiger partial charge on any atom is 0.326 e. The van der Waals surface area contributed by atoms with Crippen molar-refractivity contribution in [3.63, 3.8) is 0 Å². The molecule has 1 amide bonds. The number of aliphatic carboxylic acids is 1. The first kappa shape index (κ1) is 19.1. The van der Waals surface area contributed by atoms with Crippen LogP contribution < -0.4 is 10.0 Å². The number of carbonyl (C=O) groups excluding carboxylic acids is 1. The molecule has 2 rings (SSSR count). The summed E-state index contributed by atoms with van der Waals surface area (Å²) in [6, 6.07) is 7.86. The number of amides is 1. The molecule has 0 aliphatic heterocycles. The number of aryl methyl sites for hydroxylation is 1. The number of benzene rings is 1. The highest BCUT2D eigenvalue weighted by atomic mass is 32.2. The number of rotatable bonds is 7. The molecule has 0 saturated carbocycles. The summed E-state index contributed by atoms with van der Waals surface area (Å²) >= 11 is 1.04. The summed E-state index contributed by atoms with van der Waals surface area (Å²) in [7, 11) is -4.11. The maximum absolute atomic E-state index is 12.6. The lowest BCUT2D eigenvalue weighted by Crippen LogP contribution is -2.33. The van der Waals surface area contributed by atoms with E-state index in [1.54, 1.807) is 32.0 Å². The zero-order chi connectivity index (χ0) is 18.6. The largest absolute Gasteiger partial charge is 0.480 e. The highest BCUT2D eigenvalue weighted by Crippen LogP contribution is 2.27. The zero-order valence-electron chi connectivity index (χ0n) is 13.6. The van der Waals surface area contributed by atoms with E-state index >= 15 is 0 Å². The molecule has 25 heavy (non-hydrogen) atoms. The van der Waals surface area contributed by atoms with E-state index in [1.165, 1.54) is 18.2 Å². The van der Waals surface area contributed by atoms with Crippen molar-refractivity contribution in [1.29, 1.82) is 0 Å². The van der Waals surface area contributed by atoms with Crippen LogP contribution in [0.3, 0.4) is 0 Å². The van der Waals surface area contributed by atoms with Gasteiger partial charge in [-0.05, 0) is 25.5 Å². The summed E-state index contributed by atoms with van der Waals surface area (Å²) in [5.41, 5.74) is 0.315. The van der Waals surface area contributed by atoms with E-state index in [9.17, 15) is 23.1 Å². The van der Waals surface area contributed by atoms with Crippen LogP contribution in [-0.4, -0.2) is 31.9 Å². The molecule has 1 aromatic carbocycles. The molecular formula is C16H18N2O5S2. The van der Waals surface area contributed by atoms with Gasteiger partial charge in [0.1, 0.15) is 6.04 Å². The van der Waals surface area contributed by atoms with E-state index in [0.29, 0.717) is 17.0 Å². The lowest BCUT2D eigenvalue weighted by atomic mass is 10.1. The molecule has 134 valence electrons. The van der Waals surface area contributed by atoms with E-state index in [0.717, 1.165) is 11.3 Å². The Balaban J connectivity index is 2.35. The molecule has 0 bridgehead atoms. The van der Waals surface area contributed by atoms with Crippen LogP contribution in [0.1, 0.15) is 33.1 Å². The second-order valence-electron chi connectivity index (χ2n) is 5.19. The molecule has 1 heterocycles. The molecule has 9 heteroatoms. The minimum Gasteiger partial charge on any atom is -0.480 e. The number of nitrogens with one attached hydrogen (secondary N) is 2. The van der Waals surface area contributed by atoms with Gasteiger partial charge in [-0.15, -0.1) is 11.3 Å². The first-order valence-corrected chi connectivity index (χ1v) is 9.75. The number of hydrogen-bond acceptors (Lipinski definition) is 5. The van der Waals surface area contributed by atoms with E-state index in [1.807, 2.05) is 0 Å². The van der Waals surface area contributed by atoms with Gasteiger partial charge in [-0.2, -0.15) is 4.72 Å². The molecule has 0 radical (unpaired) electrons. The number of carbonyl (C=O) groups is 2. The van der Waals surface area contributed by atoms with Gasteiger partial charge in [0.15, 0.2) is 0 Å². The normalized spacial score (nSPS) is 12.6. The van der Waals surface area contributed by atoms with Gasteiger partial charge in [-0.25, -0.2) is 8.42 Å². The van der Waals surface area contributed by atoms with Gasteiger partial charge in [-0.3, -0.25) is 9.59 Å². The van der Waals surface area contributed by atoms with Gasteiger partial charge in [0, 0.05) is 11.4 Å². The summed E-state index contributed by atoms with van der Waals surface area (Å²) in [5, 5.41) is 12.0. The standard InChI is InChI=1S/C16H18N2O5S2/c1-3-17-15(19)12-9-13(10(2)24-12)25(22,23)18-14(16(20)21)11-7-5-4-6-8-11/h4-9,14,18H,3H2,1-2H3,(H,17,19)(H,20,21)/t14-/m0/s1.